The summed E-state index contributed by atoms with van der Waals surface area (Å²) in [6.07, 6.45) is -2.24. The first-order chi connectivity index (χ1) is 24.5. The lowest BCUT2D eigenvalue weighted by Crippen LogP contribution is -2.38. The zero-order chi connectivity index (χ0) is 36.6. The van der Waals surface area contributed by atoms with E-state index in [9.17, 15) is 31.5 Å². The minimum absolute atomic E-state index is 0.0167. The van der Waals surface area contributed by atoms with Crippen molar-refractivity contribution in [2.45, 2.75) is 11.2 Å². The van der Waals surface area contributed by atoms with E-state index in [1.165, 1.54) is 84.9 Å². The van der Waals surface area contributed by atoms with Gasteiger partial charge >= 0.3 is 12.2 Å². The van der Waals surface area contributed by atoms with Gasteiger partial charge in [0.05, 0.1) is 0 Å². The second-order valence-electron chi connectivity index (χ2n) is 11.1. The van der Waals surface area contributed by atoms with Crippen LogP contribution < -0.4 is 11.5 Å². The highest BCUT2D eigenvalue weighted by Gasteiger charge is 2.43. The first kappa shape index (κ1) is 35.8. The Hall–Kier alpha value is -6.49. The standard InChI is InChI=1S/C20H14F3NO2.C20H15F2NO2/c21-15-9-5-13(6-10-15)20(26-19(24)25,14-7-11-16(22)12-8-14)17-3-1-2-4-18(17)23;21-16-12-10-15(11-13-16)20(25-19(23)24,14-6-2-1-3-7-14)17-8-4-5-9-18(17)22/h1-12H,(H2,24,25);1-13H,(H2,23,24). The predicted octanol–water partition coefficient (Wildman–Crippen LogP) is 8.84. The molecule has 0 saturated carbocycles. The molecule has 6 aromatic rings. The molecule has 6 rings (SSSR count). The first-order valence-electron chi connectivity index (χ1n) is 15.3. The Labute approximate surface area is 289 Å². The van der Waals surface area contributed by atoms with Crippen molar-refractivity contribution in [2.24, 2.45) is 11.5 Å². The van der Waals surface area contributed by atoms with Crippen molar-refractivity contribution in [3.8, 4) is 0 Å². The van der Waals surface area contributed by atoms with E-state index in [0.717, 1.165) is 24.3 Å². The van der Waals surface area contributed by atoms with Crippen LogP contribution in [0.15, 0.2) is 152 Å². The lowest BCUT2D eigenvalue weighted by molar-refractivity contribution is 0.0714. The molecular formula is C40H29F5N2O4. The van der Waals surface area contributed by atoms with Crippen molar-refractivity contribution in [3.05, 3.63) is 214 Å². The van der Waals surface area contributed by atoms with Crippen LogP contribution in [-0.2, 0) is 20.7 Å². The molecule has 4 N–H and O–H groups in total. The third-order valence-electron chi connectivity index (χ3n) is 7.95. The van der Waals surface area contributed by atoms with Gasteiger partial charge in [-0.1, -0.05) is 103 Å². The number of hydrogen-bond acceptors (Lipinski definition) is 4. The van der Waals surface area contributed by atoms with Gasteiger partial charge in [-0.25, -0.2) is 31.5 Å². The van der Waals surface area contributed by atoms with Gasteiger partial charge in [0.15, 0.2) is 11.2 Å². The van der Waals surface area contributed by atoms with Crippen LogP contribution in [0.2, 0.25) is 0 Å². The summed E-state index contributed by atoms with van der Waals surface area (Å²) in [5.41, 5.74) is 8.62. The molecule has 258 valence electrons. The summed E-state index contributed by atoms with van der Waals surface area (Å²) in [5, 5.41) is 0. The number of nitrogens with two attached hydrogens (primary N) is 2. The summed E-state index contributed by atoms with van der Waals surface area (Å²) >= 11 is 0. The Kier molecular flexibility index (Phi) is 10.8. The number of primary amides is 2. The molecule has 6 nitrogen and oxygen atoms in total. The highest BCUT2D eigenvalue weighted by atomic mass is 19.1. The maximum atomic E-state index is 14.7. The van der Waals surface area contributed by atoms with Crippen molar-refractivity contribution in [2.75, 3.05) is 0 Å². The average molecular weight is 697 g/mol. The number of benzene rings is 6. The highest BCUT2D eigenvalue weighted by Crippen LogP contribution is 2.43. The maximum Gasteiger partial charge on any atom is 0.406 e. The summed E-state index contributed by atoms with van der Waals surface area (Å²) in [5.74, 6) is -2.73. The molecule has 0 saturated heterocycles. The molecule has 1 atom stereocenters. The summed E-state index contributed by atoms with van der Waals surface area (Å²) in [7, 11) is 0. The van der Waals surface area contributed by atoms with Crippen LogP contribution in [-0.4, -0.2) is 12.2 Å². The lowest BCUT2D eigenvalue weighted by Gasteiger charge is -2.34. The number of carbonyl (C=O) groups is 2. The molecule has 0 aliphatic carbocycles. The van der Waals surface area contributed by atoms with E-state index in [1.807, 2.05) is 0 Å². The zero-order valence-corrected chi connectivity index (χ0v) is 26.6. The average Bonchev–Trinajstić information content (AvgIpc) is 3.12. The van der Waals surface area contributed by atoms with E-state index >= 15 is 0 Å². The monoisotopic (exact) mass is 696 g/mol. The van der Waals surface area contributed by atoms with Crippen LogP contribution in [0.1, 0.15) is 33.4 Å². The molecule has 0 aromatic heterocycles. The number of carbonyl (C=O) groups excluding carboxylic acids is 2. The van der Waals surface area contributed by atoms with Gasteiger partial charge in [0.1, 0.15) is 29.1 Å². The topological polar surface area (TPSA) is 105 Å². The normalized spacial score (nSPS) is 12.1. The van der Waals surface area contributed by atoms with Crippen LogP contribution in [0.3, 0.4) is 0 Å². The minimum Gasteiger partial charge on any atom is -0.428 e. The molecule has 51 heavy (non-hydrogen) atoms. The molecule has 6 aromatic carbocycles. The zero-order valence-electron chi connectivity index (χ0n) is 26.6. The highest BCUT2D eigenvalue weighted by molar-refractivity contribution is 5.68. The molecule has 0 aliphatic heterocycles. The van der Waals surface area contributed by atoms with Crippen LogP contribution in [0.5, 0.6) is 0 Å². The Morgan fingerprint density at radius 2 is 0.667 bits per heavy atom. The van der Waals surface area contributed by atoms with Crippen LogP contribution in [0, 0.1) is 29.1 Å². The minimum atomic E-state index is -1.81. The summed E-state index contributed by atoms with van der Waals surface area (Å²) in [4.78, 5) is 23.4. The van der Waals surface area contributed by atoms with Crippen molar-refractivity contribution in [1.82, 2.24) is 0 Å². The summed E-state index contributed by atoms with van der Waals surface area (Å²) in [6, 6.07) is 35.6. The number of amides is 2. The molecular weight excluding hydrogens is 667 g/mol. The van der Waals surface area contributed by atoms with Gasteiger partial charge in [-0.15, -0.1) is 0 Å². The lowest BCUT2D eigenvalue weighted by atomic mass is 9.79. The summed E-state index contributed by atoms with van der Waals surface area (Å²) in [6.45, 7) is 0. The van der Waals surface area contributed by atoms with Gasteiger partial charge in [0.25, 0.3) is 0 Å². The number of rotatable bonds is 8. The fourth-order valence-electron chi connectivity index (χ4n) is 5.82. The Morgan fingerprint density at radius 1 is 0.392 bits per heavy atom. The van der Waals surface area contributed by atoms with E-state index in [-0.39, 0.29) is 22.3 Å². The summed E-state index contributed by atoms with van der Waals surface area (Å²) < 4.78 is 80.5. The third-order valence-corrected chi connectivity index (χ3v) is 7.95. The smallest absolute Gasteiger partial charge is 0.406 e. The van der Waals surface area contributed by atoms with Crippen molar-refractivity contribution in [1.29, 1.82) is 0 Å². The Bertz CT molecular complexity index is 2070. The molecule has 0 bridgehead atoms. The number of hydrogen-bond donors (Lipinski definition) is 2. The number of halogens is 5. The van der Waals surface area contributed by atoms with Crippen LogP contribution in [0.25, 0.3) is 0 Å². The van der Waals surface area contributed by atoms with Crippen molar-refractivity contribution in [3.63, 3.8) is 0 Å². The van der Waals surface area contributed by atoms with Crippen LogP contribution >= 0.6 is 0 Å². The van der Waals surface area contributed by atoms with Crippen molar-refractivity contribution < 1.29 is 41.0 Å². The van der Waals surface area contributed by atoms with Gasteiger partial charge in [-0.3, -0.25) is 0 Å². The van der Waals surface area contributed by atoms with Gasteiger partial charge < -0.3 is 20.9 Å². The van der Waals surface area contributed by atoms with E-state index in [0.29, 0.717) is 11.1 Å². The molecule has 0 radical (unpaired) electrons. The molecule has 0 spiro atoms. The van der Waals surface area contributed by atoms with E-state index in [2.05, 4.69) is 0 Å². The molecule has 2 amide bonds. The SMILES string of the molecule is NC(=O)OC(c1ccc(F)cc1)(c1ccc(F)cc1)c1ccccc1F.NC(=O)OC(c1ccccc1)(c1ccc(F)cc1)c1ccccc1F. The first-order valence-corrected chi connectivity index (χ1v) is 15.3. The fraction of sp³-hybridized carbons (Fsp3) is 0.0500. The molecule has 11 heteroatoms. The van der Waals surface area contributed by atoms with Gasteiger partial charge in [-0.05, 0) is 48.5 Å². The second-order valence-corrected chi connectivity index (χ2v) is 11.1. The van der Waals surface area contributed by atoms with Crippen molar-refractivity contribution >= 4 is 12.2 Å². The third kappa shape index (κ3) is 7.57. The Morgan fingerprint density at radius 3 is 0.961 bits per heavy atom. The molecule has 0 fully saturated rings. The molecule has 0 heterocycles. The van der Waals surface area contributed by atoms with E-state index < -0.39 is 52.5 Å². The van der Waals surface area contributed by atoms with E-state index in [1.54, 1.807) is 42.5 Å². The maximum absolute atomic E-state index is 14.7. The number of ether oxygens (including phenoxy) is 2. The van der Waals surface area contributed by atoms with Crippen LogP contribution in [0.4, 0.5) is 31.5 Å². The van der Waals surface area contributed by atoms with Gasteiger partial charge in [0, 0.05) is 33.4 Å². The largest absolute Gasteiger partial charge is 0.428 e. The fourth-order valence-corrected chi connectivity index (χ4v) is 5.82. The Balaban J connectivity index is 0.000000198. The quantitative estimate of drug-likeness (QED) is 0.123. The predicted molar refractivity (Wildman–Crippen MR) is 180 cm³/mol. The van der Waals surface area contributed by atoms with Gasteiger partial charge in [-0.2, -0.15) is 0 Å². The van der Waals surface area contributed by atoms with Gasteiger partial charge in [0.2, 0.25) is 0 Å². The molecule has 0 aliphatic rings. The van der Waals surface area contributed by atoms with E-state index in [4.69, 9.17) is 20.9 Å². The second kappa shape index (κ2) is 15.4. The molecule has 1 unspecified atom stereocenters.